The number of ether oxygens (including phenoxy) is 2. The zero-order valence-electron chi connectivity index (χ0n) is 10.4. The van der Waals surface area contributed by atoms with E-state index in [-0.39, 0.29) is 0 Å². The van der Waals surface area contributed by atoms with Crippen LogP contribution >= 0.6 is 11.6 Å². The maximum atomic E-state index is 5.98. The lowest BCUT2D eigenvalue weighted by atomic mass is 10.3. The van der Waals surface area contributed by atoms with Gasteiger partial charge in [-0.2, -0.15) is 0 Å². The quantitative estimate of drug-likeness (QED) is 0.408. The zero-order valence-corrected chi connectivity index (χ0v) is 11.1. The van der Waals surface area contributed by atoms with Crippen molar-refractivity contribution in [1.82, 2.24) is 0 Å². The molecule has 0 radical (unpaired) electrons. The predicted molar refractivity (Wildman–Crippen MR) is 71.9 cm³/mol. The van der Waals surface area contributed by atoms with E-state index in [4.69, 9.17) is 21.1 Å². The summed E-state index contributed by atoms with van der Waals surface area (Å²) in [5.41, 5.74) is -0.462. The molecule has 0 fully saturated rings. The number of alkyl halides is 1. The van der Waals surface area contributed by atoms with Crippen molar-refractivity contribution in [1.29, 1.82) is 0 Å². The molecule has 0 aliphatic heterocycles. The van der Waals surface area contributed by atoms with E-state index in [9.17, 15) is 0 Å². The van der Waals surface area contributed by atoms with Crippen LogP contribution < -0.4 is 9.47 Å². The van der Waals surface area contributed by atoms with Crippen LogP contribution in [-0.4, -0.2) is 12.2 Å². The molecule has 0 saturated carbocycles. The highest BCUT2D eigenvalue weighted by molar-refractivity contribution is 6.21. The number of rotatable bonds is 7. The van der Waals surface area contributed by atoms with Crippen LogP contribution in [-0.2, 0) is 0 Å². The molecule has 0 saturated heterocycles. The Kier molecular flexibility index (Phi) is 6.56. The van der Waals surface area contributed by atoms with Crippen molar-refractivity contribution in [2.75, 3.05) is 6.61 Å². The van der Waals surface area contributed by atoms with Crippen LogP contribution in [0.4, 0.5) is 0 Å². The summed E-state index contributed by atoms with van der Waals surface area (Å²) in [5, 5.41) is 0. The normalized spacial score (nSPS) is 12.6. The lowest BCUT2D eigenvalue weighted by Gasteiger charge is -2.14. The van der Waals surface area contributed by atoms with Crippen LogP contribution in [0.2, 0.25) is 0 Å². The molecule has 1 aromatic rings. The monoisotopic (exact) mass is 254 g/mol. The number of hydrogen-bond donors (Lipinski definition) is 0. The maximum absolute atomic E-state index is 5.98. The number of unbranched alkanes of at least 4 members (excludes halogenated alkanes) is 1. The number of benzene rings is 1. The Morgan fingerprint density at radius 3 is 2.65 bits per heavy atom. The first-order valence-corrected chi connectivity index (χ1v) is 6.37. The van der Waals surface area contributed by atoms with E-state index >= 15 is 0 Å². The van der Waals surface area contributed by atoms with E-state index in [0.29, 0.717) is 12.4 Å². The van der Waals surface area contributed by atoms with E-state index < -0.39 is 5.56 Å². The van der Waals surface area contributed by atoms with Gasteiger partial charge in [0.05, 0.1) is 6.61 Å². The SMILES string of the molecule is C/C=C/C(Cl)Oc1ccccc1OCCCC. The van der Waals surface area contributed by atoms with E-state index in [1.807, 2.05) is 37.3 Å². The van der Waals surface area contributed by atoms with Crippen molar-refractivity contribution >= 4 is 11.6 Å². The van der Waals surface area contributed by atoms with Gasteiger partial charge in [-0.1, -0.05) is 43.2 Å². The summed E-state index contributed by atoms with van der Waals surface area (Å²) >= 11 is 5.98. The van der Waals surface area contributed by atoms with Crippen LogP contribution in [0.5, 0.6) is 11.5 Å². The molecule has 0 spiro atoms. The second-order valence-electron chi connectivity index (χ2n) is 3.64. The highest BCUT2D eigenvalue weighted by atomic mass is 35.5. The topological polar surface area (TPSA) is 18.5 Å². The highest BCUT2D eigenvalue weighted by Crippen LogP contribution is 2.28. The van der Waals surface area contributed by atoms with Crippen molar-refractivity contribution in [3.05, 3.63) is 36.4 Å². The highest BCUT2D eigenvalue weighted by Gasteiger charge is 2.07. The number of allylic oxidation sites excluding steroid dienone is 1. The van der Waals surface area contributed by atoms with E-state index in [0.717, 1.165) is 18.6 Å². The zero-order chi connectivity index (χ0) is 12.5. The minimum Gasteiger partial charge on any atom is -0.490 e. The van der Waals surface area contributed by atoms with Gasteiger partial charge in [-0.3, -0.25) is 0 Å². The second-order valence-corrected chi connectivity index (χ2v) is 4.07. The van der Waals surface area contributed by atoms with Gasteiger partial charge in [-0.05, 0) is 31.6 Å². The van der Waals surface area contributed by atoms with Crippen molar-refractivity contribution in [3.8, 4) is 11.5 Å². The molecule has 2 nitrogen and oxygen atoms in total. The van der Waals surface area contributed by atoms with Gasteiger partial charge in [-0.15, -0.1) is 0 Å². The Bertz CT molecular complexity index is 350. The smallest absolute Gasteiger partial charge is 0.191 e. The van der Waals surface area contributed by atoms with Gasteiger partial charge in [0.1, 0.15) is 0 Å². The third kappa shape index (κ3) is 5.14. The fourth-order valence-corrected chi connectivity index (χ4v) is 1.55. The maximum Gasteiger partial charge on any atom is 0.191 e. The van der Waals surface area contributed by atoms with Crippen LogP contribution in [0.1, 0.15) is 26.7 Å². The third-order valence-corrected chi connectivity index (χ3v) is 2.42. The number of hydrogen-bond acceptors (Lipinski definition) is 2. The molecule has 0 amide bonds. The van der Waals surface area contributed by atoms with Gasteiger partial charge in [-0.25, -0.2) is 0 Å². The van der Waals surface area contributed by atoms with Crippen LogP contribution in [0.25, 0.3) is 0 Å². The fourth-order valence-electron chi connectivity index (χ4n) is 1.31. The van der Waals surface area contributed by atoms with E-state index in [1.54, 1.807) is 6.08 Å². The lowest BCUT2D eigenvalue weighted by molar-refractivity contribution is 0.267. The Morgan fingerprint density at radius 1 is 1.29 bits per heavy atom. The summed E-state index contributed by atoms with van der Waals surface area (Å²) in [6.45, 7) is 4.74. The number of halogens is 1. The Hall–Kier alpha value is -1.15. The first-order chi connectivity index (χ1) is 8.27. The van der Waals surface area contributed by atoms with Gasteiger partial charge in [0.2, 0.25) is 0 Å². The molecule has 3 heteroatoms. The van der Waals surface area contributed by atoms with Gasteiger partial charge >= 0.3 is 0 Å². The Balaban J connectivity index is 2.63. The van der Waals surface area contributed by atoms with Gasteiger partial charge in [0.25, 0.3) is 0 Å². The summed E-state index contributed by atoms with van der Waals surface area (Å²) in [7, 11) is 0. The average Bonchev–Trinajstić information content (AvgIpc) is 2.32. The first kappa shape index (κ1) is 13.9. The van der Waals surface area contributed by atoms with Crippen molar-refractivity contribution < 1.29 is 9.47 Å². The largest absolute Gasteiger partial charge is 0.490 e. The van der Waals surface area contributed by atoms with Crippen LogP contribution in [0.15, 0.2) is 36.4 Å². The van der Waals surface area contributed by atoms with Crippen LogP contribution in [0.3, 0.4) is 0 Å². The number of para-hydroxylation sites is 2. The van der Waals surface area contributed by atoms with Crippen molar-refractivity contribution in [2.24, 2.45) is 0 Å². The van der Waals surface area contributed by atoms with E-state index in [2.05, 4.69) is 6.92 Å². The average molecular weight is 255 g/mol. The molecule has 0 aliphatic rings. The Morgan fingerprint density at radius 2 is 2.00 bits per heavy atom. The summed E-state index contributed by atoms with van der Waals surface area (Å²) in [6, 6.07) is 7.58. The van der Waals surface area contributed by atoms with Crippen molar-refractivity contribution in [2.45, 2.75) is 32.3 Å². The molecule has 0 bridgehead atoms. The molecule has 0 aliphatic carbocycles. The molecule has 1 aromatic carbocycles. The summed E-state index contributed by atoms with van der Waals surface area (Å²) in [6.07, 6.45) is 5.79. The van der Waals surface area contributed by atoms with Gasteiger partial charge in [0.15, 0.2) is 17.1 Å². The minimum atomic E-state index is -0.462. The molecule has 17 heavy (non-hydrogen) atoms. The molecule has 0 aromatic heterocycles. The molecule has 1 rings (SSSR count). The molecule has 94 valence electrons. The van der Waals surface area contributed by atoms with Gasteiger partial charge in [0, 0.05) is 0 Å². The summed E-state index contributed by atoms with van der Waals surface area (Å²) in [4.78, 5) is 0. The molecule has 1 unspecified atom stereocenters. The van der Waals surface area contributed by atoms with E-state index in [1.165, 1.54) is 0 Å². The molecular formula is C14H19ClO2. The molecule has 1 atom stereocenters. The first-order valence-electron chi connectivity index (χ1n) is 5.93. The molecular weight excluding hydrogens is 236 g/mol. The molecule has 0 N–H and O–H groups in total. The summed E-state index contributed by atoms with van der Waals surface area (Å²) in [5.74, 6) is 1.43. The predicted octanol–water partition coefficient (Wildman–Crippen LogP) is 4.39. The fraction of sp³-hybridized carbons (Fsp3) is 0.429. The minimum absolute atomic E-state index is 0.462. The second kappa shape index (κ2) is 8.02. The molecule has 0 heterocycles. The Labute approximate surface area is 108 Å². The summed E-state index contributed by atoms with van der Waals surface area (Å²) < 4.78 is 11.2. The van der Waals surface area contributed by atoms with Gasteiger partial charge < -0.3 is 9.47 Å². The van der Waals surface area contributed by atoms with Crippen LogP contribution in [0, 0.1) is 0 Å². The third-order valence-electron chi connectivity index (χ3n) is 2.19. The standard InChI is InChI=1S/C14H19ClO2/c1-3-5-11-16-12-9-6-7-10-13(12)17-14(15)8-4-2/h4,6-10,14H,3,5,11H2,1-2H3/b8-4+. The van der Waals surface area contributed by atoms with Crippen molar-refractivity contribution in [3.63, 3.8) is 0 Å². The lowest BCUT2D eigenvalue weighted by Crippen LogP contribution is -2.06.